The van der Waals surface area contributed by atoms with Gasteiger partial charge in [0, 0.05) is 5.56 Å². The molecule has 26 heavy (non-hydrogen) atoms. The molecule has 4 rings (SSSR count). The zero-order valence-corrected chi connectivity index (χ0v) is 15.0. The number of nitrogens with one attached hydrogen (secondary N) is 2. The van der Waals surface area contributed by atoms with E-state index in [1.54, 1.807) is 12.1 Å². The maximum atomic E-state index is 12.5. The average molecular weight is 364 g/mol. The van der Waals surface area contributed by atoms with Crippen molar-refractivity contribution in [3.8, 4) is 17.0 Å². The molecule has 2 aromatic carbocycles. The number of rotatable bonds is 3. The lowest BCUT2D eigenvalue weighted by Gasteiger charge is -2.03. The summed E-state index contributed by atoms with van der Waals surface area (Å²) in [5, 5.41) is 20.4. The number of aromatic amines is 1. The van der Waals surface area contributed by atoms with E-state index in [9.17, 15) is 9.90 Å². The summed E-state index contributed by atoms with van der Waals surface area (Å²) in [4.78, 5) is 16.9. The molecule has 0 saturated heterocycles. The number of anilines is 1. The van der Waals surface area contributed by atoms with E-state index in [1.165, 1.54) is 11.3 Å². The van der Waals surface area contributed by atoms with E-state index in [0.29, 0.717) is 22.1 Å². The summed E-state index contributed by atoms with van der Waals surface area (Å²) in [6.07, 6.45) is 0. The maximum absolute atomic E-state index is 12.5. The molecular weight excluding hydrogens is 348 g/mol. The topological polar surface area (TPSA) is 90.9 Å². The van der Waals surface area contributed by atoms with Crippen molar-refractivity contribution in [2.75, 3.05) is 5.32 Å². The summed E-state index contributed by atoms with van der Waals surface area (Å²) in [6, 6.07) is 13.0. The van der Waals surface area contributed by atoms with Gasteiger partial charge in [-0.1, -0.05) is 29.5 Å². The highest BCUT2D eigenvalue weighted by Crippen LogP contribution is 2.31. The molecular formula is C19H16N4O2S. The van der Waals surface area contributed by atoms with Gasteiger partial charge in [0.2, 0.25) is 0 Å². The highest BCUT2D eigenvalue weighted by atomic mass is 32.1. The molecule has 2 aromatic heterocycles. The number of H-pyrrole nitrogens is 1. The quantitative estimate of drug-likeness (QED) is 0.506. The number of phenols is 1. The van der Waals surface area contributed by atoms with Crippen LogP contribution in [0.5, 0.6) is 5.75 Å². The number of hydrogen-bond donors (Lipinski definition) is 3. The van der Waals surface area contributed by atoms with Crippen molar-refractivity contribution >= 4 is 32.6 Å². The molecule has 0 unspecified atom stereocenters. The highest BCUT2D eigenvalue weighted by Gasteiger charge is 2.15. The van der Waals surface area contributed by atoms with Crippen LogP contribution in [0, 0.1) is 13.8 Å². The van der Waals surface area contributed by atoms with Crippen molar-refractivity contribution in [3.63, 3.8) is 0 Å². The summed E-state index contributed by atoms with van der Waals surface area (Å²) < 4.78 is 1.02. The number of aromatic nitrogens is 3. The minimum Gasteiger partial charge on any atom is -0.507 e. The Morgan fingerprint density at radius 3 is 2.88 bits per heavy atom. The molecule has 0 aliphatic heterocycles. The van der Waals surface area contributed by atoms with E-state index in [2.05, 4.69) is 20.5 Å². The number of carbonyl (C=O) groups is 1. The molecule has 0 fully saturated rings. The Morgan fingerprint density at radius 2 is 2.04 bits per heavy atom. The third kappa shape index (κ3) is 2.93. The van der Waals surface area contributed by atoms with Gasteiger partial charge < -0.3 is 5.11 Å². The monoisotopic (exact) mass is 364 g/mol. The standard InChI is InChI=1S/C19H16N4O2S/c1-10-6-7-13-16(8-10)26-19(20-13)21-18(25)15-9-14(22-23-15)12-5-3-4-11(2)17(12)24/h3-9,24H,1-2H3,(H,22,23)(H,20,21,25). The van der Waals surface area contributed by atoms with Crippen LogP contribution >= 0.6 is 11.3 Å². The SMILES string of the molecule is Cc1ccc2nc(NC(=O)c3cc(-c4cccc(C)c4O)n[nH]3)sc2c1. The van der Waals surface area contributed by atoms with Gasteiger partial charge in [0.25, 0.3) is 5.91 Å². The minimum absolute atomic E-state index is 0.160. The van der Waals surface area contributed by atoms with Gasteiger partial charge in [-0.3, -0.25) is 15.2 Å². The molecule has 0 saturated carbocycles. The van der Waals surface area contributed by atoms with E-state index >= 15 is 0 Å². The third-order valence-corrected chi connectivity index (χ3v) is 5.03. The fourth-order valence-corrected chi connectivity index (χ4v) is 3.65. The Morgan fingerprint density at radius 1 is 1.19 bits per heavy atom. The molecule has 0 spiro atoms. The average Bonchev–Trinajstić information content (AvgIpc) is 3.23. The Bertz CT molecular complexity index is 1130. The molecule has 0 aliphatic rings. The lowest BCUT2D eigenvalue weighted by atomic mass is 10.1. The number of amides is 1. The number of para-hydroxylation sites is 1. The van der Waals surface area contributed by atoms with Crippen LogP contribution in [0.3, 0.4) is 0 Å². The van der Waals surface area contributed by atoms with Crippen LogP contribution in [0.2, 0.25) is 0 Å². The summed E-state index contributed by atoms with van der Waals surface area (Å²) in [6.45, 7) is 3.83. The number of hydrogen-bond acceptors (Lipinski definition) is 5. The van der Waals surface area contributed by atoms with E-state index in [4.69, 9.17) is 0 Å². The van der Waals surface area contributed by atoms with Crippen LogP contribution in [0.4, 0.5) is 5.13 Å². The number of carbonyl (C=O) groups excluding carboxylic acids is 1. The van der Waals surface area contributed by atoms with Crippen LogP contribution < -0.4 is 5.32 Å². The van der Waals surface area contributed by atoms with E-state index in [1.807, 2.05) is 44.2 Å². The van der Waals surface area contributed by atoms with Crippen molar-refractivity contribution in [1.29, 1.82) is 0 Å². The van der Waals surface area contributed by atoms with E-state index in [0.717, 1.165) is 21.3 Å². The lowest BCUT2D eigenvalue weighted by molar-refractivity contribution is 0.102. The first kappa shape index (κ1) is 16.3. The Hall–Kier alpha value is -3.19. The number of nitrogens with zero attached hydrogens (tertiary/aromatic N) is 2. The number of benzene rings is 2. The van der Waals surface area contributed by atoms with Crippen molar-refractivity contribution in [2.45, 2.75) is 13.8 Å². The van der Waals surface area contributed by atoms with Crippen molar-refractivity contribution in [3.05, 3.63) is 59.3 Å². The molecule has 0 atom stereocenters. The maximum Gasteiger partial charge on any atom is 0.275 e. The second kappa shape index (κ2) is 6.27. The van der Waals surface area contributed by atoms with Gasteiger partial charge in [0.05, 0.1) is 15.9 Å². The van der Waals surface area contributed by atoms with Crippen molar-refractivity contribution in [1.82, 2.24) is 15.2 Å². The zero-order valence-electron chi connectivity index (χ0n) is 14.2. The van der Waals surface area contributed by atoms with Crippen molar-refractivity contribution in [2.24, 2.45) is 0 Å². The van der Waals surface area contributed by atoms with Gasteiger partial charge >= 0.3 is 0 Å². The molecule has 7 heteroatoms. The number of fused-ring (bicyclic) bond motifs is 1. The van der Waals surface area contributed by atoms with Gasteiger partial charge in [-0.2, -0.15) is 5.10 Å². The summed E-state index contributed by atoms with van der Waals surface area (Å²) in [7, 11) is 0. The van der Waals surface area contributed by atoms with Gasteiger partial charge in [-0.25, -0.2) is 4.98 Å². The molecule has 3 N–H and O–H groups in total. The summed E-state index contributed by atoms with van der Waals surface area (Å²) in [5.74, 6) is -0.167. The molecule has 1 amide bonds. The fourth-order valence-electron chi connectivity index (χ4n) is 2.69. The molecule has 6 nitrogen and oxygen atoms in total. The first-order valence-electron chi connectivity index (χ1n) is 8.04. The zero-order chi connectivity index (χ0) is 18.3. The Kier molecular flexibility index (Phi) is 3.93. The predicted molar refractivity (Wildman–Crippen MR) is 103 cm³/mol. The number of aryl methyl sites for hydroxylation is 2. The van der Waals surface area contributed by atoms with E-state index < -0.39 is 0 Å². The van der Waals surface area contributed by atoms with Crippen LogP contribution in [0.25, 0.3) is 21.5 Å². The van der Waals surface area contributed by atoms with Crippen LogP contribution in [-0.2, 0) is 0 Å². The van der Waals surface area contributed by atoms with Gasteiger partial charge in [-0.05, 0) is 49.2 Å². The van der Waals surface area contributed by atoms with Gasteiger partial charge in [0.15, 0.2) is 5.13 Å². The first-order valence-corrected chi connectivity index (χ1v) is 8.86. The third-order valence-electron chi connectivity index (χ3n) is 4.10. The van der Waals surface area contributed by atoms with E-state index in [-0.39, 0.29) is 11.7 Å². The second-order valence-electron chi connectivity index (χ2n) is 6.08. The van der Waals surface area contributed by atoms with Crippen LogP contribution in [-0.4, -0.2) is 26.2 Å². The second-order valence-corrected chi connectivity index (χ2v) is 7.11. The largest absolute Gasteiger partial charge is 0.507 e. The number of phenolic OH excluding ortho intramolecular Hbond substituents is 1. The molecule has 130 valence electrons. The minimum atomic E-state index is -0.327. The summed E-state index contributed by atoms with van der Waals surface area (Å²) >= 11 is 1.42. The van der Waals surface area contributed by atoms with Crippen LogP contribution in [0.1, 0.15) is 21.6 Å². The predicted octanol–water partition coefficient (Wildman–Crippen LogP) is 4.26. The van der Waals surface area contributed by atoms with Crippen LogP contribution in [0.15, 0.2) is 42.5 Å². The molecule has 0 aliphatic carbocycles. The molecule has 4 aromatic rings. The van der Waals surface area contributed by atoms with Gasteiger partial charge in [0.1, 0.15) is 11.4 Å². The lowest BCUT2D eigenvalue weighted by Crippen LogP contribution is -2.11. The van der Waals surface area contributed by atoms with Crippen molar-refractivity contribution < 1.29 is 9.90 Å². The fraction of sp³-hybridized carbons (Fsp3) is 0.105. The number of aromatic hydroxyl groups is 1. The van der Waals surface area contributed by atoms with Gasteiger partial charge in [-0.15, -0.1) is 0 Å². The molecule has 0 radical (unpaired) electrons. The smallest absolute Gasteiger partial charge is 0.275 e. The highest BCUT2D eigenvalue weighted by molar-refractivity contribution is 7.22. The Balaban J connectivity index is 1.58. The normalized spacial score (nSPS) is 11.0. The Labute approximate surface area is 153 Å². The number of thiazole rings is 1. The molecule has 0 bridgehead atoms. The molecule has 2 heterocycles. The first-order chi connectivity index (χ1) is 12.5. The summed E-state index contributed by atoms with van der Waals surface area (Å²) in [5.41, 5.74) is 4.14.